The summed E-state index contributed by atoms with van der Waals surface area (Å²) < 4.78 is 1.91. The average molecular weight is 384 g/mol. The van der Waals surface area contributed by atoms with Gasteiger partial charge in [0, 0.05) is 30.7 Å². The largest absolute Gasteiger partial charge is 0.340 e. The molecule has 0 unspecified atom stereocenters. The maximum absolute atomic E-state index is 12.9. The van der Waals surface area contributed by atoms with Crippen molar-refractivity contribution in [3.8, 4) is 5.69 Å². The first-order valence-corrected chi connectivity index (χ1v) is 9.25. The third-order valence-electron chi connectivity index (χ3n) is 4.69. The molecule has 2 aromatic carbocycles. The summed E-state index contributed by atoms with van der Waals surface area (Å²) in [6, 6.07) is 21.9. The summed E-state index contributed by atoms with van der Waals surface area (Å²) in [7, 11) is 1.57. The summed E-state index contributed by atoms with van der Waals surface area (Å²) in [6.45, 7) is 1.87. The number of aromatic nitrogens is 2. The molecule has 29 heavy (non-hydrogen) atoms. The van der Waals surface area contributed by atoms with E-state index < -0.39 is 0 Å². The van der Waals surface area contributed by atoms with Gasteiger partial charge in [0.05, 0.1) is 16.6 Å². The smallest absolute Gasteiger partial charge is 0.327 e. The van der Waals surface area contributed by atoms with Crippen molar-refractivity contribution < 1.29 is 4.79 Å². The molecule has 0 fully saturated rings. The molecule has 1 N–H and O–H groups in total. The monoisotopic (exact) mass is 384 g/mol. The van der Waals surface area contributed by atoms with Crippen LogP contribution in [0.3, 0.4) is 0 Å². The molecule has 2 heterocycles. The van der Waals surface area contributed by atoms with E-state index in [0.29, 0.717) is 22.4 Å². The van der Waals surface area contributed by atoms with Gasteiger partial charge >= 0.3 is 6.03 Å². The zero-order valence-electron chi connectivity index (χ0n) is 16.2. The number of anilines is 2. The van der Waals surface area contributed by atoms with Crippen molar-refractivity contribution in [2.45, 2.75) is 6.92 Å². The van der Waals surface area contributed by atoms with Gasteiger partial charge in [-0.3, -0.25) is 14.3 Å². The van der Waals surface area contributed by atoms with Crippen molar-refractivity contribution in [3.63, 3.8) is 0 Å². The lowest BCUT2D eigenvalue weighted by Gasteiger charge is -2.27. The molecule has 0 radical (unpaired) electrons. The van der Waals surface area contributed by atoms with E-state index in [4.69, 9.17) is 0 Å². The Morgan fingerprint density at radius 1 is 1.00 bits per heavy atom. The minimum atomic E-state index is -0.342. The maximum Gasteiger partial charge on any atom is 0.327 e. The van der Waals surface area contributed by atoms with E-state index in [1.165, 1.54) is 11.0 Å². The first-order valence-electron chi connectivity index (χ1n) is 9.25. The van der Waals surface area contributed by atoms with Crippen LogP contribution in [0.5, 0.6) is 0 Å². The highest BCUT2D eigenvalue weighted by molar-refractivity contribution is 6.00. The second kappa shape index (κ2) is 7.59. The van der Waals surface area contributed by atoms with E-state index in [9.17, 15) is 9.59 Å². The van der Waals surface area contributed by atoms with Gasteiger partial charge in [0.1, 0.15) is 5.82 Å². The van der Waals surface area contributed by atoms with Crippen LogP contribution in [0, 0.1) is 6.92 Å². The predicted molar refractivity (Wildman–Crippen MR) is 115 cm³/mol. The number of carbonyl (C=O) groups excluding carboxylic acids is 1. The number of nitrogens with zero attached hydrogens (tertiary/aromatic N) is 3. The summed E-state index contributed by atoms with van der Waals surface area (Å²) in [6.07, 6.45) is 1.59. The molecule has 4 aromatic rings. The number of fused-ring (bicyclic) bond motifs is 1. The normalized spacial score (nSPS) is 10.7. The molecule has 0 atom stereocenters. The number of pyridine rings is 2. The fourth-order valence-electron chi connectivity index (χ4n) is 3.36. The van der Waals surface area contributed by atoms with Crippen LogP contribution < -0.4 is 15.6 Å². The Balaban J connectivity index is 2.13. The molecule has 2 amide bonds. The third-order valence-corrected chi connectivity index (χ3v) is 4.69. The molecule has 144 valence electrons. The van der Waals surface area contributed by atoms with E-state index in [1.54, 1.807) is 13.2 Å². The van der Waals surface area contributed by atoms with Gasteiger partial charge < -0.3 is 5.32 Å². The van der Waals surface area contributed by atoms with E-state index in [2.05, 4.69) is 10.3 Å². The fraction of sp³-hybridized carbons (Fsp3) is 0.0870. The number of hydrogen-bond acceptors (Lipinski definition) is 3. The predicted octanol–water partition coefficient (Wildman–Crippen LogP) is 4.17. The SMILES string of the molecule is CNC(=O)N(c1ccccc1)c1cc(=O)c2cnc(C)cc2n1-c1ccccc1. The van der Waals surface area contributed by atoms with Gasteiger partial charge in [0.25, 0.3) is 0 Å². The van der Waals surface area contributed by atoms with Crippen LogP contribution in [0.25, 0.3) is 16.6 Å². The molecule has 6 heteroatoms. The summed E-state index contributed by atoms with van der Waals surface area (Å²) in [4.78, 5) is 31.6. The highest BCUT2D eigenvalue weighted by Gasteiger charge is 2.23. The number of benzene rings is 2. The van der Waals surface area contributed by atoms with E-state index in [0.717, 1.165) is 11.4 Å². The molecule has 0 bridgehead atoms. The quantitative estimate of drug-likeness (QED) is 0.576. The Kier molecular flexibility index (Phi) is 4.83. The Bertz CT molecular complexity index is 1230. The van der Waals surface area contributed by atoms with Crippen molar-refractivity contribution in [3.05, 3.63) is 94.9 Å². The van der Waals surface area contributed by atoms with Crippen LogP contribution >= 0.6 is 0 Å². The number of aryl methyl sites for hydroxylation is 1. The molecule has 0 aliphatic carbocycles. The molecule has 4 rings (SSSR count). The average Bonchev–Trinajstić information content (AvgIpc) is 2.75. The van der Waals surface area contributed by atoms with Crippen molar-refractivity contribution in [1.29, 1.82) is 0 Å². The zero-order valence-corrected chi connectivity index (χ0v) is 16.2. The Morgan fingerprint density at radius 2 is 1.66 bits per heavy atom. The second-order valence-electron chi connectivity index (χ2n) is 6.61. The Labute approximate surface area is 168 Å². The van der Waals surface area contributed by atoms with Gasteiger partial charge in [-0.05, 0) is 37.3 Å². The van der Waals surface area contributed by atoms with E-state index >= 15 is 0 Å². The molecular formula is C23H20N4O2. The second-order valence-corrected chi connectivity index (χ2v) is 6.61. The highest BCUT2D eigenvalue weighted by atomic mass is 16.2. The number of hydrogen-bond donors (Lipinski definition) is 1. The van der Waals surface area contributed by atoms with Crippen LogP contribution in [-0.4, -0.2) is 22.6 Å². The van der Waals surface area contributed by atoms with Gasteiger partial charge in [-0.1, -0.05) is 36.4 Å². The van der Waals surface area contributed by atoms with Gasteiger partial charge in [-0.25, -0.2) is 9.69 Å². The van der Waals surface area contributed by atoms with E-state index in [1.807, 2.05) is 78.2 Å². The first kappa shape index (κ1) is 18.4. The number of rotatable bonds is 3. The van der Waals surface area contributed by atoms with Gasteiger partial charge in [-0.2, -0.15) is 0 Å². The number of urea groups is 1. The summed E-state index contributed by atoms with van der Waals surface area (Å²) >= 11 is 0. The number of nitrogens with one attached hydrogen (secondary N) is 1. The molecule has 0 saturated carbocycles. The van der Waals surface area contributed by atoms with Gasteiger partial charge in [0.2, 0.25) is 0 Å². The number of para-hydroxylation sites is 2. The topological polar surface area (TPSA) is 67.2 Å². The van der Waals surface area contributed by atoms with Crippen molar-refractivity contribution >= 4 is 28.4 Å². The van der Waals surface area contributed by atoms with Crippen LogP contribution in [0.4, 0.5) is 16.3 Å². The maximum atomic E-state index is 12.9. The highest BCUT2D eigenvalue weighted by Crippen LogP contribution is 2.30. The van der Waals surface area contributed by atoms with Gasteiger partial charge in [0.15, 0.2) is 5.43 Å². The number of carbonyl (C=O) groups is 1. The molecule has 0 saturated heterocycles. The van der Waals surface area contributed by atoms with Crippen LogP contribution in [0.1, 0.15) is 5.69 Å². The molecule has 0 spiro atoms. The lowest BCUT2D eigenvalue weighted by atomic mass is 10.2. The summed E-state index contributed by atoms with van der Waals surface area (Å²) in [5.74, 6) is 0.449. The molecule has 0 aliphatic rings. The van der Waals surface area contributed by atoms with Crippen LogP contribution in [0.15, 0.2) is 83.8 Å². The standard InChI is InChI=1S/C23H20N4O2/c1-16-13-20-19(15-25-16)21(28)14-22(26(20)17-9-5-3-6-10-17)27(23(29)24-2)18-11-7-4-8-12-18/h3-15H,1-2H3,(H,24,29). The van der Waals surface area contributed by atoms with Crippen LogP contribution in [-0.2, 0) is 0 Å². The molecule has 2 aromatic heterocycles. The lowest BCUT2D eigenvalue weighted by Crippen LogP contribution is -2.36. The molecule has 0 aliphatic heterocycles. The molecular weight excluding hydrogens is 364 g/mol. The third kappa shape index (κ3) is 3.36. The molecule has 6 nitrogen and oxygen atoms in total. The van der Waals surface area contributed by atoms with Gasteiger partial charge in [-0.15, -0.1) is 0 Å². The van der Waals surface area contributed by atoms with Crippen molar-refractivity contribution in [2.24, 2.45) is 0 Å². The van der Waals surface area contributed by atoms with Crippen molar-refractivity contribution in [2.75, 3.05) is 11.9 Å². The first-order chi connectivity index (χ1) is 14.1. The minimum absolute atomic E-state index is 0.195. The zero-order chi connectivity index (χ0) is 20.4. The summed E-state index contributed by atoms with van der Waals surface area (Å²) in [5, 5.41) is 3.17. The van der Waals surface area contributed by atoms with Crippen molar-refractivity contribution in [1.82, 2.24) is 14.9 Å². The fourth-order valence-corrected chi connectivity index (χ4v) is 3.36. The Morgan fingerprint density at radius 3 is 2.31 bits per heavy atom. The lowest BCUT2D eigenvalue weighted by molar-refractivity contribution is 0.250. The minimum Gasteiger partial charge on any atom is -0.340 e. The number of amides is 2. The summed E-state index contributed by atoms with van der Waals surface area (Å²) in [5.41, 5.74) is 2.77. The van der Waals surface area contributed by atoms with E-state index in [-0.39, 0.29) is 11.5 Å². The van der Waals surface area contributed by atoms with Crippen LogP contribution in [0.2, 0.25) is 0 Å². The Hall–Kier alpha value is -3.93.